The van der Waals surface area contributed by atoms with E-state index in [0.717, 1.165) is 6.07 Å². The molecule has 0 bridgehead atoms. The summed E-state index contributed by atoms with van der Waals surface area (Å²) in [5.74, 6) is -2.58. The Hall–Kier alpha value is -2.52. The van der Waals surface area contributed by atoms with Crippen molar-refractivity contribution in [2.24, 2.45) is 5.41 Å². The zero-order chi connectivity index (χ0) is 19.6. The summed E-state index contributed by atoms with van der Waals surface area (Å²) in [6.45, 7) is 1.13. The molecule has 3 rings (SSSR count). The van der Waals surface area contributed by atoms with Gasteiger partial charge in [-0.1, -0.05) is 12.1 Å². The lowest BCUT2D eigenvalue weighted by Gasteiger charge is -2.38. The van der Waals surface area contributed by atoms with Gasteiger partial charge in [0.1, 0.15) is 5.82 Å². The molecule has 3 amide bonds. The van der Waals surface area contributed by atoms with Crippen LogP contribution >= 0.6 is 0 Å². The average Bonchev–Trinajstić information content (AvgIpc) is 3.02. The summed E-state index contributed by atoms with van der Waals surface area (Å²) in [6, 6.07) is 5.36. The van der Waals surface area contributed by atoms with E-state index in [2.05, 4.69) is 10.6 Å². The van der Waals surface area contributed by atoms with E-state index in [-0.39, 0.29) is 24.7 Å². The van der Waals surface area contributed by atoms with Crippen molar-refractivity contribution in [3.05, 3.63) is 30.1 Å². The van der Waals surface area contributed by atoms with Crippen LogP contribution in [0.1, 0.15) is 19.3 Å². The summed E-state index contributed by atoms with van der Waals surface area (Å²) < 4.78 is 13.6. The van der Waals surface area contributed by atoms with Crippen molar-refractivity contribution in [2.75, 3.05) is 25.0 Å². The maximum absolute atomic E-state index is 13.6. The van der Waals surface area contributed by atoms with Crippen LogP contribution in [0, 0.1) is 11.2 Å². The lowest BCUT2D eigenvalue weighted by atomic mass is 9.77. The summed E-state index contributed by atoms with van der Waals surface area (Å²) in [4.78, 5) is 37.7. The number of aliphatic hydroxyl groups excluding tert-OH is 2. The molecule has 2 heterocycles. The van der Waals surface area contributed by atoms with E-state index >= 15 is 0 Å². The molecule has 1 aromatic carbocycles. The third kappa shape index (κ3) is 3.79. The van der Waals surface area contributed by atoms with Gasteiger partial charge in [-0.15, -0.1) is 0 Å². The first-order valence-corrected chi connectivity index (χ1v) is 8.83. The fourth-order valence-electron chi connectivity index (χ4n) is 3.58. The van der Waals surface area contributed by atoms with Gasteiger partial charge in [0.15, 0.2) is 12.2 Å². The van der Waals surface area contributed by atoms with E-state index in [4.69, 9.17) is 0 Å². The Bertz CT molecular complexity index is 748. The van der Waals surface area contributed by atoms with Crippen LogP contribution in [0.25, 0.3) is 0 Å². The van der Waals surface area contributed by atoms with Gasteiger partial charge in [-0.25, -0.2) is 4.39 Å². The largest absolute Gasteiger partial charge is 0.380 e. The molecule has 2 atom stereocenters. The zero-order valence-corrected chi connectivity index (χ0v) is 14.7. The van der Waals surface area contributed by atoms with Crippen molar-refractivity contribution in [3.8, 4) is 0 Å². The van der Waals surface area contributed by atoms with Crippen molar-refractivity contribution in [3.63, 3.8) is 0 Å². The Morgan fingerprint density at radius 3 is 2.41 bits per heavy atom. The maximum atomic E-state index is 13.6. The van der Waals surface area contributed by atoms with Crippen LogP contribution in [0.4, 0.5) is 10.1 Å². The molecule has 1 spiro atoms. The molecule has 0 saturated carbocycles. The van der Waals surface area contributed by atoms with Crippen molar-refractivity contribution in [1.29, 1.82) is 0 Å². The minimum absolute atomic E-state index is 0.0144. The number of carbonyl (C=O) groups excluding carboxylic acids is 3. The quantitative estimate of drug-likeness (QED) is 0.568. The van der Waals surface area contributed by atoms with Gasteiger partial charge in [0.25, 0.3) is 11.8 Å². The molecule has 4 N–H and O–H groups in total. The fraction of sp³-hybridized carbons (Fsp3) is 0.500. The number of aliphatic hydroxyl groups is 2. The van der Waals surface area contributed by atoms with Crippen LogP contribution in [0.15, 0.2) is 24.3 Å². The van der Waals surface area contributed by atoms with Crippen LogP contribution in [0.2, 0.25) is 0 Å². The molecule has 2 aliphatic rings. The Morgan fingerprint density at radius 2 is 1.81 bits per heavy atom. The summed E-state index contributed by atoms with van der Waals surface area (Å²) in [5, 5.41) is 25.0. The third-order valence-electron chi connectivity index (χ3n) is 5.36. The molecule has 8 nitrogen and oxygen atoms in total. The molecule has 0 aliphatic carbocycles. The normalized spacial score (nSPS) is 20.9. The number of piperidine rings is 1. The lowest BCUT2D eigenvalue weighted by Crippen LogP contribution is -2.53. The lowest BCUT2D eigenvalue weighted by molar-refractivity contribution is -0.154. The smallest absolute Gasteiger partial charge is 0.256 e. The predicted molar refractivity (Wildman–Crippen MR) is 92.9 cm³/mol. The molecule has 2 aliphatic heterocycles. The van der Waals surface area contributed by atoms with Crippen LogP contribution in [0.3, 0.4) is 0 Å². The highest BCUT2D eigenvalue weighted by Crippen LogP contribution is 2.38. The van der Waals surface area contributed by atoms with Gasteiger partial charge in [0, 0.05) is 19.6 Å². The highest BCUT2D eigenvalue weighted by atomic mass is 19.1. The standard InChI is InChI=1S/C18H22FN3O5/c19-11-3-1-2-4-12(11)21-15(25)13(23)14(24)16(26)22-9-6-18(7-10-22)5-8-20-17(18)27/h1-4,13-14,23-24H,5-10H2,(H,20,27)(H,21,25)/t13-,14-/m1/s1. The van der Waals surface area contributed by atoms with E-state index in [9.17, 15) is 29.0 Å². The highest BCUT2D eigenvalue weighted by molar-refractivity contribution is 5.98. The van der Waals surface area contributed by atoms with Gasteiger partial charge in [-0.2, -0.15) is 0 Å². The molecule has 0 radical (unpaired) electrons. The van der Waals surface area contributed by atoms with E-state index in [0.29, 0.717) is 25.8 Å². The predicted octanol–water partition coefficient (Wildman–Crippen LogP) is -0.385. The van der Waals surface area contributed by atoms with Gasteiger partial charge >= 0.3 is 0 Å². The van der Waals surface area contributed by atoms with Gasteiger partial charge in [-0.3, -0.25) is 14.4 Å². The number of nitrogens with zero attached hydrogens (tertiary/aromatic N) is 1. The number of para-hydroxylation sites is 1. The van der Waals surface area contributed by atoms with Crippen LogP contribution in [-0.4, -0.2) is 64.7 Å². The second-order valence-electron chi connectivity index (χ2n) is 6.97. The summed E-state index contributed by atoms with van der Waals surface area (Å²) in [7, 11) is 0. The van der Waals surface area contributed by atoms with E-state index in [1.807, 2.05) is 0 Å². The second kappa shape index (κ2) is 7.61. The minimum Gasteiger partial charge on any atom is -0.380 e. The van der Waals surface area contributed by atoms with E-state index in [1.54, 1.807) is 0 Å². The van der Waals surface area contributed by atoms with Crippen molar-refractivity contribution >= 4 is 23.4 Å². The molecule has 27 heavy (non-hydrogen) atoms. The number of rotatable bonds is 4. The highest BCUT2D eigenvalue weighted by Gasteiger charge is 2.46. The average molecular weight is 379 g/mol. The number of halogens is 1. The van der Waals surface area contributed by atoms with E-state index < -0.39 is 35.3 Å². The van der Waals surface area contributed by atoms with Crippen molar-refractivity contribution in [2.45, 2.75) is 31.5 Å². The third-order valence-corrected chi connectivity index (χ3v) is 5.36. The number of carbonyl (C=O) groups is 3. The SMILES string of the molecule is O=C(Nc1ccccc1F)[C@H](O)[C@@H](O)C(=O)N1CCC2(CCNC2=O)CC1. The van der Waals surface area contributed by atoms with Crippen LogP contribution in [-0.2, 0) is 14.4 Å². The fourth-order valence-corrected chi connectivity index (χ4v) is 3.58. The number of hydrogen-bond donors (Lipinski definition) is 4. The maximum Gasteiger partial charge on any atom is 0.256 e. The van der Waals surface area contributed by atoms with Crippen molar-refractivity contribution in [1.82, 2.24) is 10.2 Å². The van der Waals surface area contributed by atoms with Crippen molar-refractivity contribution < 1.29 is 29.0 Å². The number of likely N-dealkylation sites (tertiary alicyclic amines) is 1. The number of hydrogen-bond acceptors (Lipinski definition) is 5. The topological polar surface area (TPSA) is 119 Å². The van der Waals surface area contributed by atoms with Gasteiger partial charge < -0.3 is 25.7 Å². The Balaban J connectivity index is 1.57. The molecular weight excluding hydrogens is 357 g/mol. The first kappa shape index (κ1) is 19.2. The Morgan fingerprint density at radius 1 is 1.15 bits per heavy atom. The first-order valence-electron chi connectivity index (χ1n) is 8.83. The molecule has 9 heteroatoms. The Labute approximate surface area is 155 Å². The van der Waals surface area contributed by atoms with Crippen LogP contribution < -0.4 is 10.6 Å². The number of nitrogens with one attached hydrogen (secondary N) is 2. The summed E-state index contributed by atoms with van der Waals surface area (Å²) >= 11 is 0. The van der Waals surface area contributed by atoms with Gasteiger partial charge in [0.05, 0.1) is 11.1 Å². The zero-order valence-electron chi connectivity index (χ0n) is 14.7. The van der Waals surface area contributed by atoms with Crippen LogP contribution in [0.5, 0.6) is 0 Å². The monoisotopic (exact) mass is 379 g/mol. The molecule has 0 unspecified atom stereocenters. The minimum atomic E-state index is -2.04. The molecule has 0 aromatic heterocycles. The molecule has 1 aromatic rings. The number of benzene rings is 1. The molecule has 146 valence electrons. The summed E-state index contributed by atoms with van der Waals surface area (Å²) in [5.41, 5.74) is -0.629. The van der Waals surface area contributed by atoms with Gasteiger partial charge in [0.2, 0.25) is 5.91 Å². The number of anilines is 1. The van der Waals surface area contributed by atoms with Gasteiger partial charge in [-0.05, 0) is 31.4 Å². The van der Waals surface area contributed by atoms with E-state index in [1.165, 1.54) is 23.1 Å². The Kier molecular flexibility index (Phi) is 5.43. The molecular formula is C18H22FN3O5. The second-order valence-corrected chi connectivity index (χ2v) is 6.97. The number of amides is 3. The summed E-state index contributed by atoms with van der Waals surface area (Å²) in [6.07, 6.45) is -2.36. The molecule has 2 saturated heterocycles. The first-order chi connectivity index (χ1) is 12.8. The molecule has 2 fully saturated rings.